The lowest BCUT2D eigenvalue weighted by Crippen LogP contribution is -2.14. The van der Waals surface area contributed by atoms with Crippen molar-refractivity contribution in [2.45, 2.75) is 11.6 Å². The van der Waals surface area contributed by atoms with Gasteiger partial charge in [0.25, 0.3) is 10.9 Å². The molecule has 0 saturated carbocycles. The van der Waals surface area contributed by atoms with Crippen LogP contribution < -0.4 is 10.1 Å². The molecule has 0 spiro atoms. The summed E-state index contributed by atoms with van der Waals surface area (Å²) < 4.78 is 10.6. The van der Waals surface area contributed by atoms with Crippen LogP contribution in [0.3, 0.4) is 0 Å². The van der Waals surface area contributed by atoms with E-state index in [-0.39, 0.29) is 28.3 Å². The highest BCUT2D eigenvalue weighted by molar-refractivity contribution is 7.99. The van der Waals surface area contributed by atoms with Gasteiger partial charge in [-0.05, 0) is 11.6 Å². The first-order valence-corrected chi connectivity index (χ1v) is 9.15. The largest absolute Gasteiger partial charge is 0.494 e. The number of hydrogen-bond acceptors (Lipinski definition) is 8. The fraction of sp³-hybridized carbons (Fsp3) is 0.167. The van der Waals surface area contributed by atoms with Gasteiger partial charge in [-0.1, -0.05) is 42.1 Å². The highest BCUT2D eigenvalue weighted by atomic mass is 32.2. The predicted octanol–water partition coefficient (Wildman–Crippen LogP) is 3.31. The van der Waals surface area contributed by atoms with Crippen molar-refractivity contribution < 1.29 is 18.9 Å². The minimum atomic E-state index is -0.535. The van der Waals surface area contributed by atoms with E-state index in [9.17, 15) is 14.9 Å². The zero-order chi connectivity index (χ0) is 19.9. The maximum absolute atomic E-state index is 12.2. The number of nitro benzene ring substituents is 1. The number of nitrogens with one attached hydrogen (secondary N) is 1. The Balaban J connectivity index is 1.55. The van der Waals surface area contributed by atoms with Crippen LogP contribution in [0.4, 0.5) is 11.4 Å². The van der Waals surface area contributed by atoms with Gasteiger partial charge < -0.3 is 14.5 Å². The minimum Gasteiger partial charge on any atom is -0.494 e. The number of non-ortho nitro benzene ring substituents is 1. The zero-order valence-electron chi connectivity index (χ0n) is 14.8. The number of benzene rings is 2. The Morgan fingerprint density at radius 1 is 1.25 bits per heavy atom. The van der Waals surface area contributed by atoms with Crippen LogP contribution in [-0.4, -0.2) is 33.9 Å². The second kappa shape index (κ2) is 9.00. The van der Waals surface area contributed by atoms with Gasteiger partial charge >= 0.3 is 0 Å². The Labute approximate surface area is 164 Å². The molecule has 28 heavy (non-hydrogen) atoms. The number of nitrogens with zero attached hydrogens (tertiary/aromatic N) is 3. The van der Waals surface area contributed by atoms with Crippen molar-refractivity contribution in [1.29, 1.82) is 0 Å². The molecule has 0 saturated heterocycles. The van der Waals surface area contributed by atoms with Crippen LogP contribution in [0.25, 0.3) is 0 Å². The third kappa shape index (κ3) is 5.07. The van der Waals surface area contributed by atoms with E-state index in [0.29, 0.717) is 18.0 Å². The SMILES string of the molecule is COc1cc([N+](=O)[O-])ccc1NC(=O)CSc1nnc(Cc2ccccc2)o1. The molecule has 144 valence electrons. The topological polar surface area (TPSA) is 120 Å². The van der Waals surface area contributed by atoms with Crippen molar-refractivity contribution in [3.63, 3.8) is 0 Å². The molecular formula is C18H16N4O5S. The van der Waals surface area contributed by atoms with E-state index in [4.69, 9.17) is 9.15 Å². The van der Waals surface area contributed by atoms with Gasteiger partial charge in [0.15, 0.2) is 0 Å². The Hall–Kier alpha value is -3.40. The molecular weight excluding hydrogens is 384 g/mol. The van der Waals surface area contributed by atoms with E-state index in [1.54, 1.807) is 0 Å². The molecule has 1 aromatic heterocycles. The number of nitro groups is 1. The van der Waals surface area contributed by atoms with Crippen LogP contribution in [0.2, 0.25) is 0 Å². The number of anilines is 1. The molecule has 0 unspecified atom stereocenters. The summed E-state index contributed by atoms with van der Waals surface area (Å²) in [4.78, 5) is 22.4. The number of aromatic nitrogens is 2. The molecule has 0 aliphatic carbocycles. The highest BCUT2D eigenvalue weighted by Gasteiger charge is 2.15. The third-order valence-electron chi connectivity index (χ3n) is 3.64. The first-order chi connectivity index (χ1) is 13.5. The molecule has 9 nitrogen and oxygen atoms in total. The number of thioether (sulfide) groups is 1. The van der Waals surface area contributed by atoms with E-state index in [2.05, 4.69) is 15.5 Å². The fourth-order valence-corrected chi connectivity index (χ4v) is 2.93. The van der Waals surface area contributed by atoms with Gasteiger partial charge in [-0.25, -0.2) is 0 Å². The van der Waals surface area contributed by atoms with Crippen molar-refractivity contribution >= 4 is 29.0 Å². The molecule has 3 rings (SSSR count). The Bertz CT molecular complexity index is 977. The van der Waals surface area contributed by atoms with E-state index < -0.39 is 4.92 Å². The quantitative estimate of drug-likeness (QED) is 0.347. The lowest BCUT2D eigenvalue weighted by atomic mass is 10.2. The molecule has 0 atom stereocenters. The summed E-state index contributed by atoms with van der Waals surface area (Å²) in [5.74, 6) is 0.370. The number of methoxy groups -OCH3 is 1. The molecule has 0 radical (unpaired) electrons. The van der Waals surface area contributed by atoms with Crippen molar-refractivity contribution in [2.24, 2.45) is 0 Å². The van der Waals surface area contributed by atoms with Gasteiger partial charge in [0, 0.05) is 6.07 Å². The summed E-state index contributed by atoms with van der Waals surface area (Å²) in [6.07, 6.45) is 0.514. The number of rotatable bonds is 8. The number of hydrogen-bond donors (Lipinski definition) is 1. The van der Waals surface area contributed by atoms with Crippen LogP contribution in [0.1, 0.15) is 11.5 Å². The smallest absolute Gasteiger partial charge is 0.277 e. The zero-order valence-corrected chi connectivity index (χ0v) is 15.6. The molecule has 0 fully saturated rings. The summed E-state index contributed by atoms with van der Waals surface area (Å²) in [5, 5.41) is 21.6. The Kier molecular flexibility index (Phi) is 6.22. The molecule has 1 N–H and O–H groups in total. The second-order valence-corrected chi connectivity index (χ2v) is 6.53. The molecule has 2 aromatic carbocycles. The average Bonchev–Trinajstić information content (AvgIpc) is 3.14. The second-order valence-electron chi connectivity index (χ2n) is 5.60. The van der Waals surface area contributed by atoms with Gasteiger partial charge in [-0.2, -0.15) is 0 Å². The molecule has 0 aliphatic rings. The molecule has 1 heterocycles. The van der Waals surface area contributed by atoms with Crippen molar-refractivity contribution in [2.75, 3.05) is 18.2 Å². The minimum absolute atomic E-state index is 0.0348. The van der Waals surface area contributed by atoms with Crippen LogP contribution in [-0.2, 0) is 11.2 Å². The summed E-state index contributed by atoms with van der Waals surface area (Å²) in [6.45, 7) is 0. The molecule has 1 amide bonds. The van der Waals surface area contributed by atoms with E-state index in [0.717, 1.165) is 17.3 Å². The maximum Gasteiger partial charge on any atom is 0.277 e. The summed E-state index contributed by atoms with van der Waals surface area (Å²) >= 11 is 1.10. The van der Waals surface area contributed by atoms with Crippen molar-refractivity contribution in [1.82, 2.24) is 10.2 Å². The van der Waals surface area contributed by atoms with Gasteiger partial charge in [-0.15, -0.1) is 10.2 Å². The normalized spacial score (nSPS) is 10.5. The van der Waals surface area contributed by atoms with Gasteiger partial charge in [0.05, 0.1) is 36.0 Å². The van der Waals surface area contributed by atoms with E-state index >= 15 is 0 Å². The first kappa shape index (κ1) is 19.4. The lowest BCUT2D eigenvalue weighted by Gasteiger charge is -2.09. The number of carbonyl (C=O) groups is 1. The molecule has 10 heteroatoms. The molecule has 3 aromatic rings. The number of amides is 1. The van der Waals surface area contributed by atoms with Crippen LogP contribution in [0.15, 0.2) is 58.2 Å². The fourth-order valence-electron chi connectivity index (χ4n) is 2.35. The molecule has 0 aliphatic heterocycles. The van der Waals surface area contributed by atoms with Crippen LogP contribution in [0.5, 0.6) is 5.75 Å². The lowest BCUT2D eigenvalue weighted by molar-refractivity contribution is -0.384. The number of carbonyl (C=O) groups excluding carboxylic acids is 1. The summed E-state index contributed by atoms with van der Waals surface area (Å²) in [6, 6.07) is 13.7. The van der Waals surface area contributed by atoms with E-state index in [1.165, 1.54) is 25.3 Å². The maximum atomic E-state index is 12.2. The van der Waals surface area contributed by atoms with E-state index in [1.807, 2.05) is 30.3 Å². The number of ether oxygens (including phenoxy) is 1. The summed E-state index contributed by atoms with van der Waals surface area (Å²) in [5.41, 5.74) is 1.26. The van der Waals surface area contributed by atoms with Crippen molar-refractivity contribution in [3.05, 3.63) is 70.1 Å². The first-order valence-electron chi connectivity index (χ1n) is 8.16. The highest BCUT2D eigenvalue weighted by Crippen LogP contribution is 2.29. The van der Waals surface area contributed by atoms with Crippen LogP contribution >= 0.6 is 11.8 Å². The predicted molar refractivity (Wildman–Crippen MR) is 103 cm³/mol. The van der Waals surface area contributed by atoms with Crippen LogP contribution in [0, 0.1) is 10.1 Å². The molecule has 0 bridgehead atoms. The van der Waals surface area contributed by atoms with Gasteiger partial charge in [-0.3, -0.25) is 14.9 Å². The average molecular weight is 400 g/mol. The van der Waals surface area contributed by atoms with Gasteiger partial charge in [0.1, 0.15) is 5.75 Å². The standard InChI is InChI=1S/C18H16N4O5S/c1-26-15-10-13(22(24)25)7-8-14(15)19-16(23)11-28-18-21-20-17(27-18)9-12-5-3-2-4-6-12/h2-8,10H,9,11H2,1H3,(H,19,23). The monoisotopic (exact) mass is 400 g/mol. The van der Waals surface area contributed by atoms with Crippen molar-refractivity contribution in [3.8, 4) is 5.75 Å². The third-order valence-corrected chi connectivity index (χ3v) is 4.46. The van der Waals surface area contributed by atoms with Gasteiger partial charge in [0.2, 0.25) is 11.8 Å². The summed E-state index contributed by atoms with van der Waals surface area (Å²) in [7, 11) is 1.37. The Morgan fingerprint density at radius 2 is 2.04 bits per heavy atom. The Morgan fingerprint density at radius 3 is 2.75 bits per heavy atom.